The van der Waals surface area contributed by atoms with Crippen molar-refractivity contribution in [3.05, 3.63) is 60.4 Å². The molecule has 8 nitrogen and oxygen atoms in total. The van der Waals surface area contributed by atoms with E-state index in [-0.39, 0.29) is 24.5 Å². The maximum atomic E-state index is 12.9. The quantitative estimate of drug-likeness (QED) is 0.636. The number of H-pyrrole nitrogens is 1. The van der Waals surface area contributed by atoms with Crippen LogP contribution in [0.5, 0.6) is 5.75 Å². The van der Waals surface area contributed by atoms with Crippen molar-refractivity contribution >= 4 is 17.5 Å². The van der Waals surface area contributed by atoms with E-state index in [0.717, 1.165) is 24.8 Å². The number of ether oxygens (including phenoxy) is 1. The molecule has 0 bridgehead atoms. The van der Waals surface area contributed by atoms with Crippen LogP contribution >= 0.6 is 0 Å². The SMILES string of the molecule is CC(=O)Nc1cccc(-c2n[nH]c([C@H]3CCCCN3C(=O)COc3ccccc3)n2)c1. The Hall–Kier alpha value is -3.68. The molecule has 0 spiro atoms. The summed E-state index contributed by atoms with van der Waals surface area (Å²) in [4.78, 5) is 30.7. The van der Waals surface area contributed by atoms with Crippen LogP contribution in [0.2, 0.25) is 0 Å². The van der Waals surface area contributed by atoms with E-state index in [1.807, 2.05) is 59.5 Å². The maximum absolute atomic E-state index is 12.9. The lowest BCUT2D eigenvalue weighted by atomic mass is 10.0. The standard InChI is InChI=1S/C23H25N5O3/c1-16(29)24-18-9-7-8-17(14-18)22-25-23(27-26-22)20-12-5-6-13-28(20)21(30)15-31-19-10-3-2-4-11-19/h2-4,7-11,14,20H,5-6,12-13,15H2,1H3,(H,24,29)(H,25,26,27)/t20-/m1/s1. The highest BCUT2D eigenvalue weighted by Gasteiger charge is 2.30. The van der Waals surface area contributed by atoms with Gasteiger partial charge < -0.3 is 15.0 Å². The molecule has 2 aromatic carbocycles. The number of para-hydroxylation sites is 1. The van der Waals surface area contributed by atoms with E-state index in [1.165, 1.54) is 6.92 Å². The van der Waals surface area contributed by atoms with E-state index in [9.17, 15) is 9.59 Å². The summed E-state index contributed by atoms with van der Waals surface area (Å²) in [6.07, 6.45) is 2.78. The number of nitrogens with one attached hydrogen (secondary N) is 2. The zero-order valence-corrected chi connectivity index (χ0v) is 17.4. The summed E-state index contributed by atoms with van der Waals surface area (Å²) >= 11 is 0. The number of anilines is 1. The molecule has 2 amide bonds. The highest BCUT2D eigenvalue weighted by molar-refractivity contribution is 5.89. The third kappa shape index (κ3) is 5.09. The molecule has 8 heteroatoms. The fourth-order valence-corrected chi connectivity index (χ4v) is 3.75. The Morgan fingerprint density at radius 2 is 2.00 bits per heavy atom. The Balaban J connectivity index is 1.48. The lowest BCUT2D eigenvalue weighted by Crippen LogP contribution is -2.41. The van der Waals surface area contributed by atoms with Crippen LogP contribution in [0.25, 0.3) is 11.4 Å². The van der Waals surface area contributed by atoms with Gasteiger partial charge in [0.25, 0.3) is 5.91 Å². The lowest BCUT2D eigenvalue weighted by Gasteiger charge is -2.34. The van der Waals surface area contributed by atoms with Gasteiger partial charge in [0.15, 0.2) is 12.4 Å². The van der Waals surface area contributed by atoms with Gasteiger partial charge >= 0.3 is 0 Å². The first kappa shape index (κ1) is 20.6. The van der Waals surface area contributed by atoms with Gasteiger partial charge in [-0.2, -0.15) is 5.10 Å². The molecule has 160 valence electrons. The van der Waals surface area contributed by atoms with Crippen molar-refractivity contribution in [3.8, 4) is 17.1 Å². The van der Waals surface area contributed by atoms with Crippen LogP contribution in [0.15, 0.2) is 54.6 Å². The van der Waals surface area contributed by atoms with Gasteiger partial charge in [-0.1, -0.05) is 30.3 Å². The summed E-state index contributed by atoms with van der Waals surface area (Å²) in [7, 11) is 0. The van der Waals surface area contributed by atoms with Crippen LogP contribution < -0.4 is 10.1 Å². The molecule has 1 atom stereocenters. The summed E-state index contributed by atoms with van der Waals surface area (Å²) in [6, 6.07) is 16.5. The van der Waals surface area contributed by atoms with Crippen LogP contribution in [0.3, 0.4) is 0 Å². The zero-order chi connectivity index (χ0) is 21.6. The number of amides is 2. The first-order chi connectivity index (χ1) is 15.1. The fourth-order valence-electron chi connectivity index (χ4n) is 3.75. The van der Waals surface area contributed by atoms with Crippen LogP contribution in [0.1, 0.15) is 38.1 Å². The fraction of sp³-hybridized carbons (Fsp3) is 0.304. The second-order valence-corrected chi connectivity index (χ2v) is 7.51. The molecule has 4 rings (SSSR count). The number of hydrogen-bond acceptors (Lipinski definition) is 5. The second kappa shape index (κ2) is 9.42. The number of benzene rings is 2. The normalized spacial score (nSPS) is 16.0. The number of likely N-dealkylation sites (tertiary alicyclic amines) is 1. The van der Waals surface area contributed by atoms with Gasteiger partial charge in [-0.3, -0.25) is 14.7 Å². The third-order valence-electron chi connectivity index (χ3n) is 5.19. The average molecular weight is 419 g/mol. The maximum Gasteiger partial charge on any atom is 0.261 e. The average Bonchev–Trinajstić information content (AvgIpc) is 3.28. The summed E-state index contributed by atoms with van der Waals surface area (Å²) < 4.78 is 5.65. The Morgan fingerprint density at radius 3 is 2.81 bits per heavy atom. The highest BCUT2D eigenvalue weighted by Crippen LogP contribution is 2.30. The van der Waals surface area contributed by atoms with Crippen molar-refractivity contribution in [2.45, 2.75) is 32.2 Å². The molecule has 0 unspecified atom stereocenters. The van der Waals surface area contributed by atoms with Crippen molar-refractivity contribution < 1.29 is 14.3 Å². The molecule has 1 aliphatic heterocycles. The van der Waals surface area contributed by atoms with E-state index in [0.29, 0.717) is 29.6 Å². The van der Waals surface area contributed by atoms with E-state index in [2.05, 4.69) is 20.5 Å². The number of aromatic nitrogens is 3. The van der Waals surface area contributed by atoms with E-state index in [4.69, 9.17) is 4.74 Å². The number of carbonyl (C=O) groups is 2. The second-order valence-electron chi connectivity index (χ2n) is 7.51. The van der Waals surface area contributed by atoms with E-state index in [1.54, 1.807) is 0 Å². The molecule has 3 aromatic rings. The van der Waals surface area contributed by atoms with Crippen LogP contribution in [-0.2, 0) is 9.59 Å². The molecule has 0 aliphatic carbocycles. The van der Waals surface area contributed by atoms with Crippen molar-refractivity contribution in [1.82, 2.24) is 20.1 Å². The first-order valence-electron chi connectivity index (χ1n) is 10.4. The minimum atomic E-state index is -0.166. The predicted octanol–water partition coefficient (Wildman–Crippen LogP) is 3.56. The summed E-state index contributed by atoms with van der Waals surface area (Å²) in [5, 5.41) is 10.1. The van der Waals surface area contributed by atoms with Crippen LogP contribution in [0, 0.1) is 0 Å². The Kier molecular flexibility index (Phi) is 6.26. The number of hydrogen-bond donors (Lipinski definition) is 2. The minimum absolute atomic E-state index is 0.0136. The number of aromatic amines is 1. The smallest absolute Gasteiger partial charge is 0.261 e. The van der Waals surface area contributed by atoms with Crippen LogP contribution in [0.4, 0.5) is 5.69 Å². The topological polar surface area (TPSA) is 100 Å². The summed E-state index contributed by atoms with van der Waals surface area (Å²) in [5.74, 6) is 1.65. The summed E-state index contributed by atoms with van der Waals surface area (Å²) in [5.41, 5.74) is 1.47. The van der Waals surface area contributed by atoms with E-state index >= 15 is 0 Å². The number of nitrogens with zero attached hydrogens (tertiary/aromatic N) is 3. The molecular weight excluding hydrogens is 394 g/mol. The van der Waals surface area contributed by atoms with Gasteiger partial charge in [-0.25, -0.2) is 4.98 Å². The van der Waals surface area contributed by atoms with E-state index < -0.39 is 0 Å². The van der Waals surface area contributed by atoms with Gasteiger partial charge in [-0.05, 0) is 43.5 Å². The molecule has 0 radical (unpaired) electrons. The highest BCUT2D eigenvalue weighted by atomic mass is 16.5. The number of carbonyl (C=O) groups excluding carboxylic acids is 2. The van der Waals surface area contributed by atoms with Crippen molar-refractivity contribution in [2.75, 3.05) is 18.5 Å². The zero-order valence-electron chi connectivity index (χ0n) is 17.4. The Bertz CT molecular complexity index is 1050. The van der Waals surface area contributed by atoms with Crippen molar-refractivity contribution in [2.24, 2.45) is 0 Å². The van der Waals surface area contributed by atoms with Crippen molar-refractivity contribution in [3.63, 3.8) is 0 Å². The van der Waals surface area contributed by atoms with Crippen LogP contribution in [-0.4, -0.2) is 45.0 Å². The van der Waals surface area contributed by atoms with Gasteiger partial charge in [-0.15, -0.1) is 0 Å². The molecule has 1 aliphatic rings. The van der Waals surface area contributed by atoms with Gasteiger partial charge in [0.05, 0.1) is 6.04 Å². The Morgan fingerprint density at radius 1 is 1.16 bits per heavy atom. The molecule has 1 aromatic heterocycles. The molecule has 2 N–H and O–H groups in total. The van der Waals surface area contributed by atoms with Gasteiger partial charge in [0, 0.05) is 24.7 Å². The third-order valence-corrected chi connectivity index (χ3v) is 5.19. The summed E-state index contributed by atoms with van der Waals surface area (Å²) in [6.45, 7) is 2.11. The first-order valence-corrected chi connectivity index (χ1v) is 10.4. The monoisotopic (exact) mass is 419 g/mol. The number of rotatable bonds is 6. The predicted molar refractivity (Wildman–Crippen MR) is 116 cm³/mol. The lowest BCUT2D eigenvalue weighted by molar-refractivity contribution is -0.137. The molecule has 1 fully saturated rings. The van der Waals surface area contributed by atoms with Gasteiger partial charge in [0.1, 0.15) is 11.6 Å². The molecular formula is C23H25N5O3. The van der Waals surface area contributed by atoms with Gasteiger partial charge in [0.2, 0.25) is 5.91 Å². The molecule has 2 heterocycles. The molecule has 0 saturated carbocycles. The molecule has 31 heavy (non-hydrogen) atoms. The molecule has 1 saturated heterocycles. The van der Waals surface area contributed by atoms with Crippen molar-refractivity contribution in [1.29, 1.82) is 0 Å². The number of piperidine rings is 1. The minimum Gasteiger partial charge on any atom is -0.484 e. The largest absolute Gasteiger partial charge is 0.484 e. The Labute approximate surface area is 180 Å².